The molecule has 0 amide bonds. The maximum Gasteiger partial charge on any atom is 0.182 e. The SMILES string of the molecule is O=CC=O.OCC(O)CO. The second-order valence-electron chi connectivity index (χ2n) is 1.29. The molecule has 0 aliphatic rings. The number of carbonyl (C=O) groups is 2. The van der Waals surface area contributed by atoms with Gasteiger partial charge in [0.2, 0.25) is 0 Å². The first kappa shape index (κ1) is 12.0. The van der Waals surface area contributed by atoms with Crippen LogP contribution in [0.4, 0.5) is 0 Å². The Hall–Kier alpha value is -0.780. The van der Waals surface area contributed by atoms with Gasteiger partial charge in [0.1, 0.15) is 6.10 Å². The van der Waals surface area contributed by atoms with E-state index in [0.717, 1.165) is 0 Å². The lowest BCUT2D eigenvalue weighted by atomic mass is 10.4. The van der Waals surface area contributed by atoms with Crippen LogP contribution in [-0.4, -0.2) is 47.2 Å². The molecule has 5 heteroatoms. The zero-order valence-corrected chi connectivity index (χ0v) is 5.30. The van der Waals surface area contributed by atoms with E-state index in [1.165, 1.54) is 0 Å². The number of carbonyl (C=O) groups excluding carboxylic acids is 2. The van der Waals surface area contributed by atoms with Crippen LogP contribution >= 0.6 is 0 Å². The van der Waals surface area contributed by atoms with Crippen molar-refractivity contribution in [2.45, 2.75) is 6.10 Å². The van der Waals surface area contributed by atoms with Crippen molar-refractivity contribution in [3.8, 4) is 0 Å². The molecule has 0 rings (SSSR count). The highest BCUT2D eigenvalue weighted by Crippen LogP contribution is 1.71. The average Bonchev–Trinajstić information content (AvgIpc) is 2.03. The fraction of sp³-hybridized carbons (Fsp3) is 0.600. The van der Waals surface area contributed by atoms with Crippen LogP contribution in [0, 0.1) is 0 Å². The van der Waals surface area contributed by atoms with Gasteiger partial charge in [0.15, 0.2) is 12.6 Å². The highest BCUT2D eigenvalue weighted by atomic mass is 16.3. The number of aliphatic hydroxyl groups excluding tert-OH is 3. The van der Waals surface area contributed by atoms with Gasteiger partial charge >= 0.3 is 0 Å². The Morgan fingerprint density at radius 3 is 1.40 bits per heavy atom. The molecule has 0 aromatic carbocycles. The van der Waals surface area contributed by atoms with E-state index < -0.39 is 6.10 Å². The maximum atomic E-state index is 8.81. The number of aliphatic hydroxyl groups is 3. The van der Waals surface area contributed by atoms with Crippen molar-refractivity contribution in [2.24, 2.45) is 0 Å². The normalized spacial score (nSPS) is 8.00. The lowest BCUT2D eigenvalue weighted by molar-refractivity contribution is -0.122. The molecule has 60 valence electrons. The predicted molar refractivity (Wildman–Crippen MR) is 32.3 cm³/mol. The minimum absolute atomic E-state index is 0.194. The molecular weight excluding hydrogens is 140 g/mol. The van der Waals surface area contributed by atoms with Crippen LogP contribution in [0.1, 0.15) is 0 Å². The molecule has 10 heavy (non-hydrogen) atoms. The molecule has 0 atom stereocenters. The van der Waals surface area contributed by atoms with Crippen LogP contribution in [0.25, 0.3) is 0 Å². The summed E-state index contributed by atoms with van der Waals surface area (Å²) in [7, 11) is 0. The van der Waals surface area contributed by atoms with Crippen molar-refractivity contribution < 1.29 is 24.9 Å². The van der Waals surface area contributed by atoms with Gasteiger partial charge in [-0.2, -0.15) is 0 Å². The van der Waals surface area contributed by atoms with E-state index in [9.17, 15) is 0 Å². The summed E-state index contributed by atoms with van der Waals surface area (Å²) in [6, 6.07) is 0. The first-order valence-corrected chi connectivity index (χ1v) is 2.51. The van der Waals surface area contributed by atoms with E-state index in [0.29, 0.717) is 0 Å². The van der Waals surface area contributed by atoms with E-state index in [-0.39, 0.29) is 25.8 Å². The van der Waals surface area contributed by atoms with Crippen molar-refractivity contribution in [3.05, 3.63) is 0 Å². The Morgan fingerprint density at radius 1 is 1.10 bits per heavy atom. The second-order valence-corrected chi connectivity index (χ2v) is 1.29. The lowest BCUT2D eigenvalue weighted by Gasteiger charge is -1.96. The fourth-order valence-electron chi connectivity index (χ4n) is 0.0577. The van der Waals surface area contributed by atoms with Gasteiger partial charge < -0.3 is 15.3 Å². The van der Waals surface area contributed by atoms with Crippen molar-refractivity contribution in [1.82, 2.24) is 0 Å². The zero-order chi connectivity index (χ0) is 8.41. The molecule has 0 aromatic rings. The Bertz CT molecular complexity index is 72.1. The van der Waals surface area contributed by atoms with Crippen LogP contribution in [-0.2, 0) is 9.59 Å². The summed E-state index contributed by atoms with van der Waals surface area (Å²) in [5, 5.41) is 24.0. The molecule has 3 N–H and O–H groups in total. The van der Waals surface area contributed by atoms with Gasteiger partial charge in [-0.3, -0.25) is 9.59 Å². The first-order valence-electron chi connectivity index (χ1n) is 2.51. The summed E-state index contributed by atoms with van der Waals surface area (Å²) >= 11 is 0. The summed E-state index contributed by atoms with van der Waals surface area (Å²) in [5.41, 5.74) is 0. The molecule has 0 saturated heterocycles. The molecule has 0 unspecified atom stereocenters. The zero-order valence-electron chi connectivity index (χ0n) is 5.30. The monoisotopic (exact) mass is 150 g/mol. The predicted octanol–water partition coefficient (Wildman–Crippen LogP) is -2.28. The first-order chi connectivity index (χ1) is 4.72. The Balaban J connectivity index is 0. The summed E-state index contributed by atoms with van der Waals surface area (Å²) in [6.07, 6.45) is -0.565. The van der Waals surface area contributed by atoms with Gasteiger partial charge in [-0.15, -0.1) is 0 Å². The fourth-order valence-corrected chi connectivity index (χ4v) is 0.0577. The Kier molecular flexibility index (Phi) is 13.2. The van der Waals surface area contributed by atoms with Gasteiger partial charge in [-0.25, -0.2) is 0 Å². The largest absolute Gasteiger partial charge is 0.394 e. The summed E-state index contributed by atoms with van der Waals surface area (Å²) in [5.74, 6) is 0. The van der Waals surface area contributed by atoms with Crippen LogP contribution < -0.4 is 0 Å². The van der Waals surface area contributed by atoms with Crippen LogP contribution in [0.15, 0.2) is 0 Å². The highest BCUT2D eigenvalue weighted by molar-refractivity contribution is 6.09. The van der Waals surface area contributed by atoms with Crippen LogP contribution in [0.2, 0.25) is 0 Å². The maximum absolute atomic E-state index is 8.81. The molecular formula is C5H10O5. The number of rotatable bonds is 3. The number of aldehydes is 2. The minimum atomic E-state index is -0.954. The van der Waals surface area contributed by atoms with Gasteiger partial charge in [0.25, 0.3) is 0 Å². The molecule has 0 heterocycles. The van der Waals surface area contributed by atoms with E-state index in [4.69, 9.17) is 24.9 Å². The molecule has 0 bridgehead atoms. The van der Waals surface area contributed by atoms with Crippen molar-refractivity contribution in [2.75, 3.05) is 13.2 Å². The van der Waals surface area contributed by atoms with Crippen molar-refractivity contribution in [1.29, 1.82) is 0 Å². The van der Waals surface area contributed by atoms with E-state index >= 15 is 0 Å². The van der Waals surface area contributed by atoms with E-state index in [1.807, 2.05) is 0 Å². The average molecular weight is 150 g/mol. The van der Waals surface area contributed by atoms with Crippen LogP contribution in [0.3, 0.4) is 0 Å². The molecule has 0 spiro atoms. The van der Waals surface area contributed by atoms with Gasteiger partial charge in [-0.05, 0) is 0 Å². The highest BCUT2D eigenvalue weighted by Gasteiger charge is 1.93. The van der Waals surface area contributed by atoms with Gasteiger partial charge in [-0.1, -0.05) is 0 Å². The van der Waals surface area contributed by atoms with Crippen molar-refractivity contribution in [3.63, 3.8) is 0 Å². The van der Waals surface area contributed by atoms with Gasteiger partial charge in [0.05, 0.1) is 13.2 Å². The Morgan fingerprint density at radius 2 is 1.40 bits per heavy atom. The van der Waals surface area contributed by atoms with Crippen molar-refractivity contribution >= 4 is 12.6 Å². The third kappa shape index (κ3) is 15.7. The summed E-state index contributed by atoms with van der Waals surface area (Å²) in [4.78, 5) is 17.6. The molecule has 0 radical (unpaired) electrons. The molecule has 0 fully saturated rings. The summed E-state index contributed by atoms with van der Waals surface area (Å²) < 4.78 is 0. The number of hydrogen-bond donors (Lipinski definition) is 3. The minimum Gasteiger partial charge on any atom is -0.394 e. The number of hydrogen-bond acceptors (Lipinski definition) is 5. The lowest BCUT2D eigenvalue weighted by Crippen LogP contribution is -2.15. The topological polar surface area (TPSA) is 94.8 Å². The third-order valence-electron chi connectivity index (χ3n) is 0.477. The summed E-state index contributed by atoms with van der Waals surface area (Å²) in [6.45, 7) is -0.729. The standard InChI is InChI=1S/C3H8O3.C2H2O2/c4-1-3(6)2-5;3-1-2-4/h3-6H,1-2H2;1-2H. The third-order valence-corrected chi connectivity index (χ3v) is 0.477. The smallest absolute Gasteiger partial charge is 0.182 e. The molecule has 5 nitrogen and oxygen atoms in total. The Labute approximate surface area is 57.9 Å². The molecule has 0 aliphatic heterocycles. The van der Waals surface area contributed by atoms with E-state index in [2.05, 4.69) is 0 Å². The molecule has 0 saturated carbocycles. The van der Waals surface area contributed by atoms with E-state index in [1.54, 1.807) is 0 Å². The van der Waals surface area contributed by atoms with Gasteiger partial charge in [0, 0.05) is 0 Å². The quantitative estimate of drug-likeness (QED) is 0.311. The molecule has 0 aromatic heterocycles. The molecule has 0 aliphatic carbocycles. The van der Waals surface area contributed by atoms with Crippen LogP contribution in [0.5, 0.6) is 0 Å². The second kappa shape index (κ2) is 11.1.